The largest absolute Gasteiger partial charge is 1.00 e. The Morgan fingerprint density at radius 2 is 1.71 bits per heavy atom. The van der Waals surface area contributed by atoms with Gasteiger partial charge < -0.3 is 24.1 Å². The predicted octanol–water partition coefficient (Wildman–Crippen LogP) is -1.40. The number of carbonyl (C=O) groups excluding carboxylic acids is 1. The molecule has 0 saturated heterocycles. The fourth-order valence-corrected chi connectivity index (χ4v) is 6.71. The first kappa shape index (κ1) is 29.6. The van der Waals surface area contributed by atoms with Crippen LogP contribution in [0, 0.1) is 13.8 Å². The Morgan fingerprint density at radius 3 is 2.32 bits per heavy atom. The molecule has 0 spiro atoms. The van der Waals surface area contributed by atoms with E-state index in [0.29, 0.717) is 17.1 Å². The summed E-state index contributed by atoms with van der Waals surface area (Å²) in [4.78, 5) is 19.2. The quantitative estimate of drug-likeness (QED) is 0.221. The smallest absolute Gasteiger partial charge is 0.546 e. The summed E-state index contributed by atoms with van der Waals surface area (Å²) >= 11 is 0. The summed E-state index contributed by atoms with van der Waals surface area (Å²) in [5.74, 6) is -0.357. The molecule has 38 heavy (non-hydrogen) atoms. The molecule has 1 atom stereocenters. The molecule has 0 aliphatic carbocycles. The van der Waals surface area contributed by atoms with Crippen molar-refractivity contribution in [1.29, 1.82) is 0 Å². The van der Waals surface area contributed by atoms with Crippen molar-refractivity contribution in [3.63, 3.8) is 0 Å². The Morgan fingerprint density at radius 1 is 1.05 bits per heavy atom. The van der Waals surface area contributed by atoms with Crippen LogP contribution in [-0.2, 0) is 25.6 Å². The van der Waals surface area contributed by atoms with Crippen molar-refractivity contribution in [1.82, 2.24) is 13.9 Å². The number of carboxylic acid groups (broad SMARTS) is 1. The van der Waals surface area contributed by atoms with Gasteiger partial charge in [-0.2, -0.15) is 0 Å². The van der Waals surface area contributed by atoms with E-state index >= 15 is 0 Å². The number of nitrogens with zero attached hydrogens (tertiary/aromatic N) is 3. The van der Waals surface area contributed by atoms with Gasteiger partial charge in [-0.25, -0.2) is 26.6 Å². The normalized spacial score (nSPS) is 12.0. The van der Waals surface area contributed by atoms with Crippen molar-refractivity contribution in [3.8, 4) is 17.2 Å². The third kappa shape index (κ3) is 5.57. The molecule has 14 heteroatoms. The van der Waals surface area contributed by atoms with Gasteiger partial charge in [0, 0.05) is 23.4 Å². The van der Waals surface area contributed by atoms with Gasteiger partial charge in [0.2, 0.25) is 5.16 Å². The summed E-state index contributed by atoms with van der Waals surface area (Å²) in [5, 5.41) is 10.5. The molecule has 2 heterocycles. The maximum atomic E-state index is 13.8. The summed E-state index contributed by atoms with van der Waals surface area (Å²) in [7, 11) is -3.51. The molecule has 1 unspecified atom stereocenters. The summed E-state index contributed by atoms with van der Waals surface area (Å²) in [6.07, 6.45) is 1.49. The number of carboxylic acids is 1. The van der Waals surface area contributed by atoms with Crippen molar-refractivity contribution < 1.29 is 66.3 Å². The van der Waals surface area contributed by atoms with Crippen molar-refractivity contribution in [2.75, 3.05) is 20.8 Å². The van der Waals surface area contributed by atoms with Crippen LogP contribution in [0.3, 0.4) is 0 Å². The van der Waals surface area contributed by atoms with Crippen molar-refractivity contribution in [2.24, 2.45) is 0 Å². The third-order valence-corrected chi connectivity index (χ3v) is 8.65. The molecule has 0 saturated carbocycles. The predicted molar refractivity (Wildman–Crippen MR) is 131 cm³/mol. The van der Waals surface area contributed by atoms with Crippen molar-refractivity contribution in [2.45, 2.75) is 28.9 Å². The second-order valence-corrected chi connectivity index (χ2v) is 10.9. The number of pyridine rings is 1. The molecular weight excluding hydrogens is 545 g/mol. The average molecular weight is 568 g/mol. The van der Waals surface area contributed by atoms with Gasteiger partial charge in [0.05, 0.1) is 36.1 Å². The van der Waals surface area contributed by atoms with E-state index < -0.39 is 33.4 Å². The van der Waals surface area contributed by atoms with Gasteiger partial charge in [-0.3, -0.25) is 0 Å². The first-order chi connectivity index (χ1) is 17.6. The number of benzene rings is 2. The topological polar surface area (TPSA) is 150 Å². The van der Waals surface area contributed by atoms with Gasteiger partial charge in [-0.15, -0.1) is 0 Å². The van der Waals surface area contributed by atoms with Crippen LogP contribution < -0.4 is 48.9 Å². The van der Waals surface area contributed by atoms with Crippen LogP contribution in [0.5, 0.6) is 17.2 Å². The summed E-state index contributed by atoms with van der Waals surface area (Å²) in [6.45, 7) is 2.79. The molecule has 2 aromatic carbocycles. The van der Waals surface area contributed by atoms with E-state index in [2.05, 4.69) is 9.97 Å². The van der Waals surface area contributed by atoms with E-state index in [4.69, 9.17) is 14.2 Å². The van der Waals surface area contributed by atoms with E-state index in [1.807, 2.05) is 0 Å². The number of aryl methyl sites for hydroxylation is 1. The van der Waals surface area contributed by atoms with Crippen LogP contribution in [-0.4, -0.2) is 53.4 Å². The fraction of sp³-hybridized carbons (Fsp3) is 0.208. The van der Waals surface area contributed by atoms with Crippen molar-refractivity contribution >= 4 is 37.8 Å². The number of hydrogen-bond donors (Lipinski definition) is 0. The van der Waals surface area contributed by atoms with Gasteiger partial charge in [0.25, 0.3) is 10.0 Å². The molecule has 4 rings (SSSR count). The van der Waals surface area contributed by atoms with Crippen LogP contribution >= 0.6 is 0 Å². The summed E-state index contributed by atoms with van der Waals surface area (Å²) in [5.41, 5.74) is 1.64. The standard InChI is InChI=1S/C24H23N3O8S2.Na/c1-14-12-25-23(15(2)22(14)34-4)36(30)24-26-19-11-17(33-3)7-10-20(19)27(24)37(31,32)18-8-5-16(6-9-18)35-13-21(28)29;/h5-12H,13H2,1-4H3,(H,28,29);/q;+1/p-1. The minimum atomic E-state index is -4.33. The monoisotopic (exact) mass is 567 g/mol. The van der Waals surface area contributed by atoms with Gasteiger partial charge in [0.15, 0.2) is 0 Å². The number of hydrogen-bond acceptors (Lipinski definition) is 10. The Hall–Kier alpha value is -2.97. The number of fused-ring (bicyclic) bond motifs is 1. The molecule has 0 aliphatic heterocycles. The van der Waals surface area contributed by atoms with E-state index in [1.165, 1.54) is 56.8 Å². The van der Waals surface area contributed by atoms with Gasteiger partial charge in [-0.05, 0) is 50.2 Å². The van der Waals surface area contributed by atoms with E-state index in [0.717, 1.165) is 9.54 Å². The van der Waals surface area contributed by atoms with E-state index in [1.54, 1.807) is 19.9 Å². The molecule has 194 valence electrons. The number of rotatable bonds is 9. The number of carbonyl (C=O) groups is 1. The van der Waals surface area contributed by atoms with Gasteiger partial charge in [-0.1, -0.05) is 0 Å². The Balaban J connectivity index is 0.00000400. The molecular formula is C24H22N3NaO8S2. The molecule has 0 fully saturated rings. The number of imidazole rings is 1. The average Bonchev–Trinajstić information content (AvgIpc) is 3.27. The molecule has 11 nitrogen and oxygen atoms in total. The molecule has 0 amide bonds. The SMILES string of the molecule is COc1ccc2c(c1)nc(S(=O)c1ncc(C)c(OC)c1C)n2S(=O)(=O)c1ccc(OCC(=O)[O-])cc1.[Na+]. The molecule has 0 aliphatic rings. The second-order valence-electron chi connectivity index (χ2n) is 7.82. The number of ether oxygens (including phenoxy) is 3. The van der Waals surface area contributed by atoms with Gasteiger partial charge in [0.1, 0.15) is 39.7 Å². The third-order valence-electron chi connectivity index (χ3n) is 5.45. The molecule has 4 aromatic rings. The first-order valence-corrected chi connectivity index (χ1v) is 13.3. The number of methoxy groups -OCH3 is 2. The summed E-state index contributed by atoms with van der Waals surface area (Å²) in [6, 6.07) is 9.73. The van der Waals surface area contributed by atoms with E-state index in [9.17, 15) is 22.5 Å². The van der Waals surface area contributed by atoms with E-state index in [-0.39, 0.29) is 61.4 Å². The molecule has 2 aromatic heterocycles. The van der Waals surface area contributed by atoms with Crippen LogP contribution in [0.25, 0.3) is 11.0 Å². The van der Waals surface area contributed by atoms with Gasteiger partial charge >= 0.3 is 29.6 Å². The van der Waals surface area contributed by atoms with Crippen molar-refractivity contribution in [3.05, 3.63) is 59.8 Å². The molecule has 0 bridgehead atoms. The zero-order valence-corrected chi connectivity index (χ0v) is 24.9. The van der Waals surface area contributed by atoms with Crippen LogP contribution in [0.1, 0.15) is 11.1 Å². The fourth-order valence-electron chi connectivity index (χ4n) is 3.74. The Kier molecular flexibility index (Phi) is 9.21. The minimum Gasteiger partial charge on any atom is -0.546 e. The Labute approximate surface area is 243 Å². The first-order valence-electron chi connectivity index (χ1n) is 10.7. The van der Waals surface area contributed by atoms with Crippen LogP contribution in [0.2, 0.25) is 0 Å². The summed E-state index contributed by atoms with van der Waals surface area (Å²) < 4.78 is 58.0. The van der Waals surface area contributed by atoms with Crippen LogP contribution in [0.15, 0.2) is 63.7 Å². The van der Waals surface area contributed by atoms with Crippen LogP contribution in [0.4, 0.5) is 0 Å². The zero-order valence-electron chi connectivity index (χ0n) is 21.3. The molecule has 0 N–H and O–H groups in total. The number of aliphatic carboxylic acids is 1. The number of aromatic nitrogens is 3. The second kappa shape index (κ2) is 11.8. The zero-order chi connectivity index (χ0) is 26.9. The minimum absolute atomic E-state index is 0. The molecule has 0 radical (unpaired) electrons. The Bertz CT molecular complexity index is 1640. The maximum absolute atomic E-state index is 13.8. The maximum Gasteiger partial charge on any atom is 1.00 e.